The van der Waals surface area contributed by atoms with E-state index in [1.165, 1.54) is 0 Å². The number of aromatic nitrogens is 1. The average Bonchev–Trinajstić information content (AvgIpc) is 2.29. The molecule has 19 heavy (non-hydrogen) atoms. The van der Waals surface area contributed by atoms with Gasteiger partial charge in [0.15, 0.2) is 12.4 Å². The summed E-state index contributed by atoms with van der Waals surface area (Å²) in [7, 11) is 23.9. The second-order valence-corrected chi connectivity index (χ2v) is 51.5. The Morgan fingerprint density at radius 3 is 1.53 bits per heavy atom. The molecule has 0 amide bonds. The zero-order valence-corrected chi connectivity index (χ0v) is 16.4. The zero-order chi connectivity index (χ0) is 14.6. The van der Waals surface area contributed by atoms with E-state index in [1.807, 2.05) is 37.5 Å². The molecule has 1 N–H and O–H groups in total. The molecular weight excluding hydrogens is 457 g/mol. The van der Waals surface area contributed by atoms with E-state index in [0.717, 1.165) is 5.56 Å². The van der Waals surface area contributed by atoms with Gasteiger partial charge in [-0.2, -0.15) is 0 Å². The number of nitrogens with one attached hydrogen (secondary N) is 1. The first-order chi connectivity index (χ1) is 8.49. The molecule has 0 bridgehead atoms. The van der Waals surface area contributed by atoms with Gasteiger partial charge in [0.1, 0.15) is 0 Å². The molecule has 0 spiro atoms. The van der Waals surface area contributed by atoms with Gasteiger partial charge in [-0.15, -0.1) is 0 Å². The maximum Gasteiger partial charge on any atom is 0.166 e. The summed E-state index contributed by atoms with van der Waals surface area (Å²) in [6.45, 7) is 1.93. The van der Waals surface area contributed by atoms with E-state index in [0.29, 0.717) is 3.51 Å². The molecule has 7 heteroatoms. The quantitative estimate of drug-likeness (QED) is 0.535. The van der Waals surface area contributed by atoms with Crippen molar-refractivity contribution in [2.45, 2.75) is 6.92 Å². The Morgan fingerprint density at radius 1 is 0.789 bits per heavy atom. The van der Waals surface area contributed by atoms with Crippen LogP contribution in [0.15, 0.2) is 54.9 Å². The number of rotatable bonds is 1. The monoisotopic (exact) mass is 467 g/mol. The second kappa shape index (κ2) is 5.79. The Labute approximate surface area is 129 Å². The SMILES string of the molecule is Cc1cc[c]([Sb-]([Cl])([Cl])([Cl])([Cl])[Cl])cc1.c1cc[nH+]cc1. The number of H-pyrrole nitrogens is 1. The summed E-state index contributed by atoms with van der Waals surface area (Å²) in [5.74, 6) is 0. The molecule has 0 fully saturated rings. The van der Waals surface area contributed by atoms with Crippen LogP contribution < -0.4 is 8.49 Å². The molecule has 2 rings (SSSR count). The largest absolute Gasteiger partial charge is 0.218 e. The molecule has 1 aromatic carbocycles. The molecule has 1 aromatic heterocycles. The molecule has 1 heterocycles. The fourth-order valence-electron chi connectivity index (χ4n) is 1.17. The number of hydrogen-bond acceptors (Lipinski definition) is 0. The molecule has 0 atom stereocenters. The van der Waals surface area contributed by atoms with Crippen LogP contribution in [-0.4, -0.2) is 10.3 Å². The van der Waals surface area contributed by atoms with Crippen molar-refractivity contribution in [3.05, 3.63) is 60.4 Å². The van der Waals surface area contributed by atoms with Gasteiger partial charge in [0.2, 0.25) is 0 Å². The first-order valence-electron chi connectivity index (χ1n) is 5.30. The van der Waals surface area contributed by atoms with Gasteiger partial charge in [0.05, 0.1) is 0 Å². The molecule has 0 aliphatic heterocycles. The minimum atomic E-state index is -5.50. The van der Waals surface area contributed by atoms with Gasteiger partial charge in [0, 0.05) is 12.1 Å². The first-order valence-corrected chi connectivity index (χ1v) is 22.7. The minimum Gasteiger partial charge on any atom is -0.218 e. The van der Waals surface area contributed by atoms with Gasteiger partial charge in [-0.3, -0.25) is 0 Å². The molecule has 2 aromatic rings. The average molecular weight is 470 g/mol. The van der Waals surface area contributed by atoms with Crippen molar-refractivity contribution in [1.82, 2.24) is 0 Å². The molecule has 0 saturated carbocycles. The topological polar surface area (TPSA) is 14.1 Å². The third-order valence-corrected chi connectivity index (χ3v) is 12.3. The maximum atomic E-state index is 5.88. The van der Waals surface area contributed by atoms with Crippen molar-refractivity contribution >= 4 is 57.9 Å². The van der Waals surface area contributed by atoms with Crippen LogP contribution in [-0.2, 0) is 0 Å². The molecule has 0 radical (unpaired) electrons. The zero-order valence-electron chi connectivity index (χ0n) is 10.0. The van der Waals surface area contributed by atoms with Gasteiger partial charge in [-0.05, 0) is 0 Å². The molecule has 0 aliphatic carbocycles. The summed E-state index contributed by atoms with van der Waals surface area (Å²) in [6.07, 6.45) is 3.75. The van der Waals surface area contributed by atoms with Crippen LogP contribution in [0.4, 0.5) is 0 Å². The van der Waals surface area contributed by atoms with Crippen molar-refractivity contribution in [2.24, 2.45) is 0 Å². The van der Waals surface area contributed by atoms with Crippen LogP contribution in [0.2, 0.25) is 0 Å². The van der Waals surface area contributed by atoms with Gasteiger partial charge >= 0.3 is 94.7 Å². The van der Waals surface area contributed by atoms with Crippen LogP contribution in [0.3, 0.4) is 0 Å². The summed E-state index contributed by atoms with van der Waals surface area (Å²) in [4.78, 5) is 2.89. The van der Waals surface area contributed by atoms with E-state index in [4.69, 9.17) is 44.1 Å². The van der Waals surface area contributed by atoms with Crippen LogP contribution in [0.1, 0.15) is 5.56 Å². The standard InChI is InChI=1S/C7H7.C5H5N.5ClH.Sb/c1-7-5-3-2-4-6-7;1-2-4-6-5-3-1;;;;;;/h3-6H,1H3;1-5H;5*1H;/q;;;;;;;+4/p-4. The number of aryl methyl sites for hydroxylation is 1. The molecule has 1 nitrogen and oxygen atoms in total. The van der Waals surface area contributed by atoms with E-state index in [-0.39, 0.29) is 0 Å². The molecule has 106 valence electrons. The first kappa shape index (κ1) is 17.7. The Morgan fingerprint density at radius 2 is 1.26 bits per heavy atom. The van der Waals surface area contributed by atoms with Gasteiger partial charge in [-0.25, -0.2) is 4.98 Å². The van der Waals surface area contributed by atoms with Crippen LogP contribution in [0.5, 0.6) is 0 Å². The van der Waals surface area contributed by atoms with Gasteiger partial charge in [0.25, 0.3) is 0 Å². The Kier molecular flexibility index (Phi) is 5.39. The third kappa shape index (κ3) is 7.27. The van der Waals surface area contributed by atoms with E-state index in [1.54, 1.807) is 24.3 Å². The summed E-state index contributed by atoms with van der Waals surface area (Å²) in [6, 6.07) is 12.8. The number of benzene rings is 1. The predicted molar refractivity (Wildman–Crippen MR) is 88.8 cm³/mol. The van der Waals surface area contributed by atoms with Crippen LogP contribution >= 0.6 is 44.1 Å². The van der Waals surface area contributed by atoms with Crippen molar-refractivity contribution in [1.29, 1.82) is 0 Å². The molecular formula is C12H13Cl5NSb. The second-order valence-electron chi connectivity index (χ2n) is 3.97. The molecule has 0 unspecified atom stereocenters. The maximum absolute atomic E-state index is 5.88. The van der Waals surface area contributed by atoms with Crippen molar-refractivity contribution in [3.63, 3.8) is 0 Å². The normalized spacial score (nSPS) is 14.6. The summed E-state index contributed by atoms with van der Waals surface area (Å²) in [5, 5.41) is 0. The summed E-state index contributed by atoms with van der Waals surface area (Å²) < 4.78 is 0.396. The van der Waals surface area contributed by atoms with Crippen LogP contribution in [0.25, 0.3) is 0 Å². The molecule has 0 aliphatic rings. The van der Waals surface area contributed by atoms with Crippen LogP contribution in [0, 0.1) is 6.92 Å². The van der Waals surface area contributed by atoms with E-state index in [2.05, 4.69) is 4.98 Å². The van der Waals surface area contributed by atoms with Crippen molar-refractivity contribution in [2.75, 3.05) is 0 Å². The smallest absolute Gasteiger partial charge is 0.166 e. The van der Waals surface area contributed by atoms with E-state index in [9.17, 15) is 0 Å². The van der Waals surface area contributed by atoms with E-state index < -0.39 is 10.3 Å². The minimum absolute atomic E-state index is 0.396. The predicted octanol–water partition coefficient (Wildman–Crippen LogP) is 4.74. The number of hydrogen-bond donors (Lipinski definition) is 0. The fraction of sp³-hybridized carbons (Fsp3) is 0.0833. The van der Waals surface area contributed by atoms with Crippen molar-refractivity contribution in [3.8, 4) is 0 Å². The Balaban J connectivity index is 0.000000250. The Hall–Kier alpha value is 0.638. The van der Waals surface area contributed by atoms with Gasteiger partial charge < -0.3 is 0 Å². The summed E-state index contributed by atoms with van der Waals surface area (Å²) >= 11 is 0. The molecule has 0 saturated heterocycles. The van der Waals surface area contributed by atoms with Gasteiger partial charge in [-0.1, -0.05) is 6.07 Å². The summed E-state index contributed by atoms with van der Waals surface area (Å²) in [5.41, 5.74) is 1.06. The number of pyridine rings is 1. The number of aromatic amines is 1. The fourth-order valence-corrected chi connectivity index (χ4v) is 6.98. The van der Waals surface area contributed by atoms with E-state index >= 15 is 0 Å². The Bertz CT molecular complexity index is 495. The van der Waals surface area contributed by atoms with Crippen molar-refractivity contribution < 1.29 is 4.98 Å². The number of halogens is 5. The third-order valence-electron chi connectivity index (χ3n) is 2.13.